The highest BCUT2D eigenvalue weighted by Crippen LogP contribution is 2.15. The molecular formula is C11H17N3OS2. The predicted octanol–water partition coefficient (Wildman–Crippen LogP) is 2.05. The van der Waals surface area contributed by atoms with Gasteiger partial charge in [0.15, 0.2) is 5.11 Å². The van der Waals surface area contributed by atoms with Gasteiger partial charge in [0, 0.05) is 6.54 Å². The van der Waals surface area contributed by atoms with E-state index >= 15 is 0 Å². The van der Waals surface area contributed by atoms with Crippen LogP contribution in [-0.4, -0.2) is 22.6 Å². The Hall–Kier alpha value is -1.14. The van der Waals surface area contributed by atoms with Crippen LogP contribution >= 0.6 is 23.6 Å². The summed E-state index contributed by atoms with van der Waals surface area (Å²) in [5.41, 5.74) is 9.26. The molecule has 1 rings (SSSR count). The molecule has 0 spiro atoms. The van der Waals surface area contributed by atoms with Crippen LogP contribution in [0.1, 0.15) is 35.0 Å². The number of thiophene rings is 1. The second-order valence-corrected chi connectivity index (χ2v) is 5.05. The Morgan fingerprint density at radius 3 is 2.82 bits per heavy atom. The first-order valence-electron chi connectivity index (χ1n) is 5.48. The van der Waals surface area contributed by atoms with E-state index in [9.17, 15) is 4.79 Å². The molecule has 0 aromatic carbocycles. The third-order valence-corrected chi connectivity index (χ3v) is 3.54. The van der Waals surface area contributed by atoms with Gasteiger partial charge in [-0.15, -0.1) is 11.3 Å². The minimum absolute atomic E-state index is 0.151. The molecule has 0 aliphatic carbocycles. The van der Waals surface area contributed by atoms with Crippen LogP contribution in [0.3, 0.4) is 0 Å². The van der Waals surface area contributed by atoms with Gasteiger partial charge in [-0.3, -0.25) is 15.2 Å². The van der Waals surface area contributed by atoms with E-state index in [1.807, 2.05) is 18.4 Å². The lowest BCUT2D eigenvalue weighted by Gasteiger charge is -2.22. The maximum Gasteiger partial charge on any atom is 0.280 e. The Labute approximate surface area is 111 Å². The zero-order chi connectivity index (χ0) is 12.8. The molecule has 6 heteroatoms. The number of unbranched alkanes of at least 4 members (excludes halogenated alkanes) is 1. The Morgan fingerprint density at radius 1 is 1.65 bits per heavy atom. The number of carbonyl (C=O) groups excluding carboxylic acids is 1. The Bertz CT molecular complexity index is 403. The molecule has 0 fully saturated rings. The molecule has 0 aliphatic heterocycles. The molecule has 0 bridgehead atoms. The average Bonchev–Trinajstić information content (AvgIpc) is 2.70. The van der Waals surface area contributed by atoms with Crippen molar-refractivity contribution in [3.8, 4) is 0 Å². The largest absolute Gasteiger partial charge is 0.375 e. The summed E-state index contributed by atoms with van der Waals surface area (Å²) in [6.07, 6.45) is 1.95. The monoisotopic (exact) mass is 271 g/mol. The van der Waals surface area contributed by atoms with Gasteiger partial charge in [-0.25, -0.2) is 0 Å². The second kappa shape index (κ2) is 6.56. The van der Waals surface area contributed by atoms with Crippen molar-refractivity contribution in [2.75, 3.05) is 6.54 Å². The number of hydrogen-bond donors (Lipinski definition) is 2. The molecule has 4 nitrogen and oxygen atoms in total. The van der Waals surface area contributed by atoms with Crippen LogP contribution in [0.15, 0.2) is 11.4 Å². The van der Waals surface area contributed by atoms with E-state index in [0.29, 0.717) is 11.4 Å². The summed E-state index contributed by atoms with van der Waals surface area (Å²) < 4.78 is 0. The number of nitrogens with zero attached hydrogens (tertiary/aromatic N) is 1. The van der Waals surface area contributed by atoms with E-state index in [1.165, 1.54) is 16.3 Å². The van der Waals surface area contributed by atoms with Crippen molar-refractivity contribution >= 4 is 34.6 Å². The molecule has 94 valence electrons. The van der Waals surface area contributed by atoms with Gasteiger partial charge in [0.2, 0.25) is 0 Å². The minimum Gasteiger partial charge on any atom is -0.375 e. The smallest absolute Gasteiger partial charge is 0.280 e. The molecule has 1 heterocycles. The number of amides is 1. The first kappa shape index (κ1) is 13.9. The Kier molecular flexibility index (Phi) is 5.37. The minimum atomic E-state index is -0.151. The highest BCUT2D eigenvalue weighted by atomic mass is 32.1. The van der Waals surface area contributed by atoms with E-state index in [4.69, 9.17) is 18.0 Å². The molecule has 0 saturated carbocycles. The Morgan fingerprint density at radius 2 is 2.35 bits per heavy atom. The zero-order valence-corrected chi connectivity index (χ0v) is 11.7. The lowest BCUT2D eigenvalue weighted by molar-refractivity contribution is 0.0873. The molecule has 0 aliphatic rings. The van der Waals surface area contributed by atoms with Gasteiger partial charge in [0.25, 0.3) is 5.91 Å². The molecule has 17 heavy (non-hydrogen) atoms. The number of aryl methyl sites for hydroxylation is 1. The van der Waals surface area contributed by atoms with E-state index in [2.05, 4.69) is 12.3 Å². The van der Waals surface area contributed by atoms with E-state index in [0.717, 1.165) is 18.4 Å². The summed E-state index contributed by atoms with van der Waals surface area (Å²) >= 11 is 6.32. The van der Waals surface area contributed by atoms with E-state index < -0.39 is 0 Å². The summed E-state index contributed by atoms with van der Waals surface area (Å²) in [5.74, 6) is -0.151. The van der Waals surface area contributed by atoms with Gasteiger partial charge in [-0.1, -0.05) is 13.3 Å². The SMILES string of the molecule is CCCCN(NC(=O)c1sccc1C)C(N)=S. The van der Waals surface area contributed by atoms with Gasteiger partial charge in [-0.2, -0.15) is 0 Å². The van der Waals surface area contributed by atoms with Gasteiger partial charge < -0.3 is 5.73 Å². The maximum atomic E-state index is 11.9. The normalized spacial score (nSPS) is 10.0. The van der Waals surface area contributed by atoms with E-state index in [1.54, 1.807) is 0 Å². The lowest BCUT2D eigenvalue weighted by Crippen LogP contribution is -2.49. The molecule has 0 saturated heterocycles. The molecular weight excluding hydrogens is 254 g/mol. The first-order valence-corrected chi connectivity index (χ1v) is 6.77. The first-order chi connectivity index (χ1) is 8.06. The second-order valence-electron chi connectivity index (χ2n) is 3.72. The molecule has 1 amide bonds. The molecule has 0 radical (unpaired) electrons. The standard InChI is InChI=1S/C11H17N3OS2/c1-3-4-6-14(11(12)16)13-10(15)9-8(2)5-7-17-9/h5,7H,3-4,6H2,1-2H3,(H2,12,16)(H,13,15). The van der Waals surface area contributed by atoms with Gasteiger partial charge in [0.1, 0.15) is 0 Å². The van der Waals surface area contributed by atoms with Crippen molar-refractivity contribution in [1.82, 2.24) is 10.4 Å². The van der Waals surface area contributed by atoms with Crippen LogP contribution in [0.5, 0.6) is 0 Å². The van der Waals surface area contributed by atoms with Crippen LogP contribution in [0.25, 0.3) is 0 Å². The van der Waals surface area contributed by atoms with Gasteiger partial charge in [-0.05, 0) is 42.6 Å². The lowest BCUT2D eigenvalue weighted by atomic mass is 10.3. The van der Waals surface area contributed by atoms with Gasteiger partial charge in [0.05, 0.1) is 4.88 Å². The third kappa shape index (κ3) is 3.98. The number of hydrogen-bond acceptors (Lipinski definition) is 3. The summed E-state index contributed by atoms with van der Waals surface area (Å²) in [4.78, 5) is 12.6. The topological polar surface area (TPSA) is 58.4 Å². The van der Waals surface area contributed by atoms with Crippen LogP contribution in [0, 0.1) is 6.92 Å². The zero-order valence-electron chi connectivity index (χ0n) is 10.0. The van der Waals surface area contributed by atoms with Crippen molar-refractivity contribution in [2.45, 2.75) is 26.7 Å². The molecule has 1 aromatic rings. The number of thiocarbonyl (C=S) groups is 1. The molecule has 0 unspecified atom stereocenters. The number of hydrazine groups is 1. The fraction of sp³-hybridized carbons (Fsp3) is 0.455. The van der Waals surface area contributed by atoms with Crippen molar-refractivity contribution in [2.24, 2.45) is 5.73 Å². The van der Waals surface area contributed by atoms with E-state index in [-0.39, 0.29) is 11.0 Å². The van der Waals surface area contributed by atoms with Crippen molar-refractivity contribution in [3.63, 3.8) is 0 Å². The Balaban J connectivity index is 2.64. The van der Waals surface area contributed by atoms with Crippen molar-refractivity contribution in [1.29, 1.82) is 0 Å². The molecule has 1 aromatic heterocycles. The fourth-order valence-corrected chi connectivity index (χ4v) is 2.27. The highest BCUT2D eigenvalue weighted by Gasteiger charge is 2.14. The average molecular weight is 271 g/mol. The third-order valence-electron chi connectivity index (χ3n) is 2.31. The quantitative estimate of drug-likeness (QED) is 0.650. The van der Waals surface area contributed by atoms with Crippen LogP contribution in [0.2, 0.25) is 0 Å². The van der Waals surface area contributed by atoms with Crippen LogP contribution in [-0.2, 0) is 0 Å². The van der Waals surface area contributed by atoms with Crippen molar-refractivity contribution in [3.05, 3.63) is 21.9 Å². The number of carbonyl (C=O) groups is 1. The highest BCUT2D eigenvalue weighted by molar-refractivity contribution is 7.80. The maximum absolute atomic E-state index is 11.9. The summed E-state index contributed by atoms with van der Waals surface area (Å²) in [7, 11) is 0. The van der Waals surface area contributed by atoms with Gasteiger partial charge >= 0.3 is 0 Å². The summed E-state index contributed by atoms with van der Waals surface area (Å²) in [6.45, 7) is 4.62. The summed E-state index contributed by atoms with van der Waals surface area (Å²) in [6, 6.07) is 1.91. The van der Waals surface area contributed by atoms with Crippen LogP contribution < -0.4 is 11.2 Å². The van der Waals surface area contributed by atoms with Crippen molar-refractivity contribution < 1.29 is 4.79 Å². The number of rotatable bonds is 4. The predicted molar refractivity (Wildman–Crippen MR) is 74.9 cm³/mol. The number of nitrogens with two attached hydrogens (primary N) is 1. The summed E-state index contributed by atoms with van der Waals surface area (Å²) in [5, 5.41) is 3.61. The fourth-order valence-electron chi connectivity index (χ4n) is 1.32. The molecule has 0 atom stereocenters. The number of nitrogens with one attached hydrogen (secondary N) is 1. The molecule has 3 N–H and O–H groups in total. The van der Waals surface area contributed by atoms with Crippen LogP contribution in [0.4, 0.5) is 0 Å².